The van der Waals surface area contributed by atoms with Gasteiger partial charge in [-0.1, -0.05) is 24.6 Å². The molecule has 6 nitrogen and oxygen atoms in total. The largest absolute Gasteiger partial charge is 0.439 e. The summed E-state index contributed by atoms with van der Waals surface area (Å²) in [4.78, 5) is 22.6. The third kappa shape index (κ3) is 4.68. The first-order chi connectivity index (χ1) is 12.1. The van der Waals surface area contributed by atoms with Crippen LogP contribution in [0.25, 0.3) is 0 Å². The van der Waals surface area contributed by atoms with Gasteiger partial charge in [0.25, 0.3) is 0 Å². The maximum atomic E-state index is 12.2. The fourth-order valence-electron chi connectivity index (χ4n) is 3.17. The average molecular weight is 340 g/mol. The zero-order chi connectivity index (χ0) is 17.6. The molecule has 132 valence electrons. The van der Waals surface area contributed by atoms with Crippen LogP contribution >= 0.6 is 0 Å². The number of aromatic nitrogens is 2. The first kappa shape index (κ1) is 17.2. The van der Waals surface area contributed by atoms with Crippen LogP contribution in [0.4, 0.5) is 5.95 Å². The Hall–Kier alpha value is -2.63. The van der Waals surface area contributed by atoms with Gasteiger partial charge in [-0.25, -0.2) is 4.98 Å². The minimum absolute atomic E-state index is 0.0741. The van der Waals surface area contributed by atoms with Crippen LogP contribution in [0.15, 0.2) is 42.6 Å². The van der Waals surface area contributed by atoms with Crippen LogP contribution in [0.1, 0.15) is 25.7 Å². The van der Waals surface area contributed by atoms with Crippen molar-refractivity contribution in [2.24, 2.45) is 5.92 Å². The molecule has 1 aliphatic carbocycles. The molecule has 1 aromatic heterocycles. The van der Waals surface area contributed by atoms with Gasteiger partial charge in [0.1, 0.15) is 5.75 Å². The zero-order valence-electron chi connectivity index (χ0n) is 14.7. The summed E-state index contributed by atoms with van der Waals surface area (Å²) in [6, 6.07) is 11.5. The van der Waals surface area contributed by atoms with Crippen molar-refractivity contribution in [1.29, 1.82) is 0 Å². The van der Waals surface area contributed by atoms with Crippen LogP contribution in [-0.4, -0.2) is 40.9 Å². The molecule has 1 N–H and O–H groups in total. The lowest BCUT2D eigenvalue weighted by atomic mass is 9.85. The van der Waals surface area contributed by atoms with E-state index in [1.54, 1.807) is 17.2 Å². The van der Waals surface area contributed by atoms with Gasteiger partial charge in [-0.05, 0) is 31.4 Å². The molecule has 0 spiro atoms. The lowest BCUT2D eigenvalue weighted by molar-refractivity contribution is -0.134. The number of rotatable bonds is 5. The molecule has 2 atom stereocenters. The number of nitrogens with zero attached hydrogens (tertiary/aromatic N) is 3. The fourth-order valence-corrected chi connectivity index (χ4v) is 3.17. The van der Waals surface area contributed by atoms with Gasteiger partial charge in [0.15, 0.2) is 0 Å². The highest BCUT2D eigenvalue weighted by molar-refractivity contribution is 5.78. The van der Waals surface area contributed by atoms with Crippen molar-refractivity contribution < 1.29 is 9.53 Å². The number of carbonyl (C=O) groups is 1. The van der Waals surface area contributed by atoms with Crippen molar-refractivity contribution >= 4 is 11.9 Å². The number of anilines is 1. The summed E-state index contributed by atoms with van der Waals surface area (Å²) in [5.74, 6) is 2.05. The molecule has 1 amide bonds. The van der Waals surface area contributed by atoms with Crippen molar-refractivity contribution in [2.45, 2.75) is 31.7 Å². The number of ether oxygens (including phenoxy) is 1. The second-order valence-corrected chi connectivity index (χ2v) is 6.57. The Morgan fingerprint density at radius 2 is 2.00 bits per heavy atom. The third-order valence-electron chi connectivity index (χ3n) is 4.39. The maximum Gasteiger partial charge on any atom is 0.226 e. The molecule has 3 rings (SSSR count). The summed E-state index contributed by atoms with van der Waals surface area (Å²) >= 11 is 0. The number of hydrogen-bond donors (Lipinski definition) is 1. The summed E-state index contributed by atoms with van der Waals surface area (Å²) in [7, 11) is 3.62. The van der Waals surface area contributed by atoms with Crippen LogP contribution in [0, 0.1) is 5.92 Å². The lowest BCUT2D eigenvalue weighted by Crippen LogP contribution is -2.37. The molecular weight excluding hydrogens is 316 g/mol. The lowest BCUT2D eigenvalue weighted by Gasteiger charge is -2.30. The number of benzene rings is 1. The Balaban J connectivity index is 1.63. The summed E-state index contributed by atoms with van der Waals surface area (Å²) in [6.45, 7) is 0. The summed E-state index contributed by atoms with van der Waals surface area (Å²) in [5, 5.41) is 3.36. The van der Waals surface area contributed by atoms with E-state index in [-0.39, 0.29) is 17.9 Å². The fraction of sp³-hybridized carbons (Fsp3) is 0.421. The summed E-state index contributed by atoms with van der Waals surface area (Å²) < 4.78 is 5.75. The van der Waals surface area contributed by atoms with Crippen LogP contribution in [0.2, 0.25) is 0 Å². The van der Waals surface area contributed by atoms with E-state index in [2.05, 4.69) is 15.3 Å². The van der Waals surface area contributed by atoms with Gasteiger partial charge in [0.05, 0.1) is 0 Å². The van der Waals surface area contributed by atoms with Crippen molar-refractivity contribution in [3.8, 4) is 11.6 Å². The topological polar surface area (TPSA) is 67.4 Å². The molecule has 2 unspecified atom stereocenters. The molecular formula is C19H24N4O2. The van der Waals surface area contributed by atoms with Gasteiger partial charge in [-0.2, -0.15) is 4.98 Å². The second kappa shape index (κ2) is 7.96. The van der Waals surface area contributed by atoms with Crippen molar-refractivity contribution in [3.05, 3.63) is 42.6 Å². The van der Waals surface area contributed by atoms with Crippen LogP contribution in [-0.2, 0) is 4.79 Å². The highest BCUT2D eigenvalue weighted by Gasteiger charge is 2.28. The van der Waals surface area contributed by atoms with E-state index >= 15 is 0 Å². The predicted octanol–water partition coefficient (Wildman–Crippen LogP) is 3.33. The number of amides is 1. The smallest absolute Gasteiger partial charge is 0.226 e. The quantitative estimate of drug-likeness (QED) is 0.904. The Morgan fingerprint density at radius 1 is 1.20 bits per heavy atom. The molecule has 25 heavy (non-hydrogen) atoms. The SMILES string of the molecule is CN(C)C(=O)C1CCCC(Nc2nccc(Oc3ccccc3)n2)C1. The van der Waals surface area contributed by atoms with E-state index in [1.165, 1.54) is 0 Å². The molecule has 1 aliphatic rings. The Labute approximate surface area is 148 Å². The minimum atomic E-state index is 0.0741. The van der Waals surface area contributed by atoms with Crippen molar-refractivity contribution in [1.82, 2.24) is 14.9 Å². The molecule has 6 heteroatoms. The molecule has 1 fully saturated rings. The minimum Gasteiger partial charge on any atom is -0.439 e. The highest BCUT2D eigenvalue weighted by atomic mass is 16.5. The number of para-hydroxylation sites is 1. The van der Waals surface area contributed by atoms with Crippen LogP contribution in [0.3, 0.4) is 0 Å². The molecule has 2 aromatic rings. The molecule has 1 saturated carbocycles. The van der Waals surface area contributed by atoms with Crippen LogP contribution in [0.5, 0.6) is 11.6 Å². The molecule has 0 radical (unpaired) electrons. The van der Waals surface area contributed by atoms with E-state index in [4.69, 9.17) is 4.74 Å². The Kier molecular flexibility index (Phi) is 5.48. The zero-order valence-corrected chi connectivity index (χ0v) is 14.7. The van der Waals surface area contributed by atoms with Crippen LogP contribution < -0.4 is 10.1 Å². The summed E-state index contributed by atoms with van der Waals surface area (Å²) in [5.41, 5.74) is 0. The van der Waals surface area contributed by atoms with Gasteiger partial charge >= 0.3 is 0 Å². The van der Waals surface area contributed by atoms with E-state index in [9.17, 15) is 4.79 Å². The average Bonchev–Trinajstić information content (AvgIpc) is 2.62. The van der Waals surface area contributed by atoms with Crippen molar-refractivity contribution in [2.75, 3.05) is 19.4 Å². The molecule has 0 saturated heterocycles. The highest BCUT2D eigenvalue weighted by Crippen LogP contribution is 2.27. The molecule has 1 heterocycles. The maximum absolute atomic E-state index is 12.2. The normalized spacial score (nSPS) is 19.9. The number of nitrogens with one attached hydrogen (secondary N) is 1. The monoisotopic (exact) mass is 340 g/mol. The number of carbonyl (C=O) groups excluding carboxylic acids is 1. The molecule has 1 aromatic carbocycles. The van der Waals surface area contributed by atoms with Gasteiger partial charge in [-0.15, -0.1) is 0 Å². The summed E-state index contributed by atoms with van der Waals surface area (Å²) in [6.07, 6.45) is 5.49. The van der Waals surface area contributed by atoms with Gasteiger partial charge in [0.2, 0.25) is 17.7 Å². The molecule has 0 bridgehead atoms. The molecule has 0 aliphatic heterocycles. The first-order valence-corrected chi connectivity index (χ1v) is 8.65. The van der Waals surface area contributed by atoms with Gasteiger partial charge in [-0.3, -0.25) is 4.79 Å². The Bertz CT molecular complexity index is 706. The van der Waals surface area contributed by atoms with Gasteiger partial charge in [0, 0.05) is 38.3 Å². The predicted molar refractivity (Wildman–Crippen MR) is 96.6 cm³/mol. The van der Waals surface area contributed by atoms with E-state index < -0.39 is 0 Å². The van der Waals surface area contributed by atoms with Crippen molar-refractivity contribution in [3.63, 3.8) is 0 Å². The standard InChI is InChI=1S/C19H24N4O2/c1-23(2)18(24)14-7-6-8-15(13-14)21-19-20-12-11-17(22-19)25-16-9-4-3-5-10-16/h3-5,9-12,14-15H,6-8,13H2,1-2H3,(H,20,21,22). The third-order valence-corrected chi connectivity index (χ3v) is 4.39. The Morgan fingerprint density at radius 3 is 2.76 bits per heavy atom. The van der Waals surface area contributed by atoms with E-state index in [1.807, 2.05) is 44.4 Å². The second-order valence-electron chi connectivity index (χ2n) is 6.57. The van der Waals surface area contributed by atoms with E-state index in [0.29, 0.717) is 11.8 Å². The number of hydrogen-bond acceptors (Lipinski definition) is 5. The van der Waals surface area contributed by atoms with Gasteiger partial charge < -0.3 is 15.0 Å². The first-order valence-electron chi connectivity index (χ1n) is 8.65. The van der Waals surface area contributed by atoms with E-state index in [0.717, 1.165) is 31.4 Å².